The number of piperidine rings is 1. The van der Waals surface area contributed by atoms with E-state index in [1.807, 2.05) is 6.92 Å². The number of anilines is 3. The van der Waals surface area contributed by atoms with Gasteiger partial charge in [0.2, 0.25) is 5.95 Å². The maximum absolute atomic E-state index is 12.6. The van der Waals surface area contributed by atoms with Crippen LogP contribution in [-0.4, -0.2) is 23.1 Å². The van der Waals surface area contributed by atoms with Crippen LogP contribution in [0.1, 0.15) is 30.5 Å². The normalized spacial score (nSPS) is 15.4. The zero-order chi connectivity index (χ0) is 17.2. The number of halogens is 3. The molecule has 0 aliphatic carbocycles. The van der Waals surface area contributed by atoms with E-state index in [4.69, 9.17) is 0 Å². The van der Waals surface area contributed by atoms with Crippen LogP contribution in [0, 0.1) is 6.92 Å². The van der Waals surface area contributed by atoms with Crippen LogP contribution in [-0.2, 0) is 6.18 Å². The Morgan fingerprint density at radius 1 is 1.00 bits per heavy atom. The van der Waals surface area contributed by atoms with Crippen LogP contribution in [0.15, 0.2) is 30.3 Å². The van der Waals surface area contributed by atoms with Gasteiger partial charge in [-0.05, 0) is 50.5 Å². The van der Waals surface area contributed by atoms with Gasteiger partial charge in [-0.2, -0.15) is 18.2 Å². The monoisotopic (exact) mass is 336 g/mol. The molecule has 2 heterocycles. The van der Waals surface area contributed by atoms with Crippen molar-refractivity contribution in [2.24, 2.45) is 0 Å². The third kappa shape index (κ3) is 3.96. The second-order valence-electron chi connectivity index (χ2n) is 5.94. The average molecular weight is 336 g/mol. The standard InChI is InChI=1S/C17H19F3N4/c1-12-11-15(23-16(21-12)24-9-3-2-4-10-24)22-14-7-5-13(6-8-14)17(18,19)20/h5-8,11H,2-4,9-10H2,1H3,(H,21,22,23). The van der Waals surface area contributed by atoms with Gasteiger partial charge in [0, 0.05) is 30.5 Å². The largest absolute Gasteiger partial charge is 0.416 e. The molecule has 0 bridgehead atoms. The summed E-state index contributed by atoms with van der Waals surface area (Å²) in [6.45, 7) is 3.75. The molecule has 1 aliphatic heterocycles. The Labute approximate surface area is 138 Å². The van der Waals surface area contributed by atoms with Crippen molar-refractivity contribution in [1.82, 2.24) is 9.97 Å². The number of hydrogen-bond donors (Lipinski definition) is 1. The summed E-state index contributed by atoms with van der Waals surface area (Å²) >= 11 is 0. The molecule has 0 saturated carbocycles. The lowest BCUT2D eigenvalue weighted by Crippen LogP contribution is -2.31. The smallest absolute Gasteiger partial charge is 0.341 e. The van der Waals surface area contributed by atoms with E-state index in [0.717, 1.165) is 43.8 Å². The van der Waals surface area contributed by atoms with Gasteiger partial charge < -0.3 is 10.2 Å². The summed E-state index contributed by atoms with van der Waals surface area (Å²) in [5.74, 6) is 1.26. The van der Waals surface area contributed by atoms with E-state index in [9.17, 15) is 13.2 Å². The van der Waals surface area contributed by atoms with Crippen molar-refractivity contribution >= 4 is 17.5 Å². The Morgan fingerprint density at radius 2 is 1.67 bits per heavy atom. The molecule has 1 saturated heterocycles. The van der Waals surface area contributed by atoms with Gasteiger partial charge in [-0.15, -0.1) is 0 Å². The number of nitrogens with one attached hydrogen (secondary N) is 1. The third-order valence-electron chi connectivity index (χ3n) is 3.97. The second kappa shape index (κ2) is 6.67. The lowest BCUT2D eigenvalue weighted by molar-refractivity contribution is -0.137. The summed E-state index contributed by atoms with van der Waals surface area (Å²) in [5.41, 5.74) is 0.714. The van der Waals surface area contributed by atoms with Gasteiger partial charge >= 0.3 is 6.18 Å². The number of alkyl halides is 3. The van der Waals surface area contributed by atoms with Crippen LogP contribution in [0.5, 0.6) is 0 Å². The first kappa shape index (κ1) is 16.5. The van der Waals surface area contributed by atoms with Crippen molar-refractivity contribution in [3.63, 3.8) is 0 Å². The highest BCUT2D eigenvalue weighted by Gasteiger charge is 2.29. The summed E-state index contributed by atoms with van der Waals surface area (Å²) in [4.78, 5) is 11.1. The number of nitrogens with zero attached hydrogens (tertiary/aromatic N) is 3. The molecule has 0 atom stereocenters. The lowest BCUT2D eigenvalue weighted by Gasteiger charge is -2.27. The molecule has 1 fully saturated rings. The van der Waals surface area contributed by atoms with Gasteiger partial charge in [-0.1, -0.05) is 0 Å². The molecular formula is C17H19F3N4. The number of rotatable bonds is 3. The minimum atomic E-state index is -4.33. The Bertz CT molecular complexity index is 692. The van der Waals surface area contributed by atoms with Gasteiger partial charge in [0.1, 0.15) is 5.82 Å². The summed E-state index contributed by atoms with van der Waals surface area (Å²) in [7, 11) is 0. The maximum atomic E-state index is 12.6. The summed E-state index contributed by atoms with van der Waals surface area (Å²) in [6, 6.07) is 6.70. The van der Waals surface area contributed by atoms with E-state index in [0.29, 0.717) is 17.5 Å². The zero-order valence-electron chi connectivity index (χ0n) is 13.4. The zero-order valence-corrected chi connectivity index (χ0v) is 13.4. The highest BCUT2D eigenvalue weighted by molar-refractivity contribution is 5.58. The second-order valence-corrected chi connectivity index (χ2v) is 5.94. The van der Waals surface area contributed by atoms with E-state index in [-0.39, 0.29) is 0 Å². The number of aryl methyl sites for hydroxylation is 1. The van der Waals surface area contributed by atoms with E-state index < -0.39 is 11.7 Å². The maximum Gasteiger partial charge on any atom is 0.416 e. The minimum Gasteiger partial charge on any atom is -0.341 e. The predicted molar refractivity (Wildman–Crippen MR) is 87.6 cm³/mol. The topological polar surface area (TPSA) is 41.1 Å². The van der Waals surface area contributed by atoms with Crippen molar-refractivity contribution in [2.75, 3.05) is 23.3 Å². The lowest BCUT2D eigenvalue weighted by atomic mass is 10.1. The van der Waals surface area contributed by atoms with E-state index >= 15 is 0 Å². The van der Waals surface area contributed by atoms with Crippen molar-refractivity contribution in [3.05, 3.63) is 41.6 Å². The van der Waals surface area contributed by atoms with Crippen molar-refractivity contribution in [3.8, 4) is 0 Å². The van der Waals surface area contributed by atoms with Crippen LogP contribution in [0.2, 0.25) is 0 Å². The van der Waals surface area contributed by atoms with Gasteiger partial charge in [0.05, 0.1) is 5.56 Å². The van der Waals surface area contributed by atoms with E-state index in [1.165, 1.54) is 18.6 Å². The van der Waals surface area contributed by atoms with Crippen molar-refractivity contribution in [2.45, 2.75) is 32.4 Å². The summed E-state index contributed by atoms with van der Waals surface area (Å²) in [6.07, 6.45) is -0.859. The molecule has 0 unspecified atom stereocenters. The van der Waals surface area contributed by atoms with Gasteiger partial charge in [0.25, 0.3) is 0 Å². The molecule has 0 radical (unpaired) electrons. The Balaban J connectivity index is 1.78. The fraction of sp³-hybridized carbons (Fsp3) is 0.412. The number of hydrogen-bond acceptors (Lipinski definition) is 4. The molecule has 1 aromatic carbocycles. The SMILES string of the molecule is Cc1cc(Nc2ccc(C(F)(F)F)cc2)nc(N2CCCCC2)n1. The highest BCUT2D eigenvalue weighted by Crippen LogP contribution is 2.30. The molecule has 0 amide bonds. The van der Waals surface area contributed by atoms with Gasteiger partial charge in [-0.25, -0.2) is 4.98 Å². The molecular weight excluding hydrogens is 317 g/mol. The molecule has 2 aromatic rings. The average Bonchev–Trinajstić information content (AvgIpc) is 2.55. The van der Waals surface area contributed by atoms with Crippen LogP contribution < -0.4 is 10.2 Å². The predicted octanol–water partition coefficient (Wildman–Crippen LogP) is 4.54. The number of aromatic nitrogens is 2. The Morgan fingerprint density at radius 3 is 2.29 bits per heavy atom. The molecule has 1 aromatic heterocycles. The first-order valence-electron chi connectivity index (χ1n) is 7.97. The van der Waals surface area contributed by atoms with Gasteiger partial charge in [0.15, 0.2) is 0 Å². The fourth-order valence-corrected chi connectivity index (χ4v) is 2.74. The summed E-state index contributed by atoms with van der Waals surface area (Å²) in [5, 5.41) is 3.06. The third-order valence-corrected chi connectivity index (χ3v) is 3.97. The number of benzene rings is 1. The van der Waals surface area contributed by atoms with Crippen LogP contribution >= 0.6 is 0 Å². The molecule has 0 spiro atoms. The first-order valence-corrected chi connectivity index (χ1v) is 7.97. The van der Waals surface area contributed by atoms with Crippen molar-refractivity contribution in [1.29, 1.82) is 0 Å². The fourth-order valence-electron chi connectivity index (χ4n) is 2.74. The van der Waals surface area contributed by atoms with E-state index in [1.54, 1.807) is 6.07 Å². The van der Waals surface area contributed by atoms with Gasteiger partial charge in [-0.3, -0.25) is 0 Å². The molecule has 4 nitrogen and oxygen atoms in total. The van der Waals surface area contributed by atoms with Crippen LogP contribution in [0.4, 0.5) is 30.6 Å². The Hall–Kier alpha value is -2.31. The molecule has 128 valence electrons. The van der Waals surface area contributed by atoms with E-state index in [2.05, 4.69) is 20.2 Å². The molecule has 3 rings (SSSR count). The van der Waals surface area contributed by atoms with Crippen LogP contribution in [0.3, 0.4) is 0 Å². The highest BCUT2D eigenvalue weighted by atomic mass is 19.4. The molecule has 1 aliphatic rings. The Kier molecular flexibility index (Phi) is 4.59. The first-order chi connectivity index (χ1) is 11.4. The summed E-state index contributed by atoms with van der Waals surface area (Å²) < 4.78 is 37.8. The minimum absolute atomic E-state index is 0.561. The molecule has 7 heteroatoms. The molecule has 24 heavy (non-hydrogen) atoms. The quantitative estimate of drug-likeness (QED) is 0.893. The van der Waals surface area contributed by atoms with Crippen molar-refractivity contribution < 1.29 is 13.2 Å². The van der Waals surface area contributed by atoms with Crippen LogP contribution in [0.25, 0.3) is 0 Å². The molecule has 1 N–H and O–H groups in total.